The summed E-state index contributed by atoms with van der Waals surface area (Å²) in [7, 11) is 0. The van der Waals surface area contributed by atoms with Gasteiger partial charge in [-0.05, 0) is 6.42 Å². The topological polar surface area (TPSA) is 61.4 Å². The molecule has 0 aliphatic carbocycles. The first-order valence-electron chi connectivity index (χ1n) is 5.99. The van der Waals surface area contributed by atoms with Crippen LogP contribution in [0.15, 0.2) is 0 Å². The standard InChI is InChI=1S/C11H19N3O2/c1-2-10(15)14-4-3-9(7-14)13-11(16)8-5-12-6-8/h8-9,12H,2-7H2,1H3,(H,13,16). The molecule has 0 radical (unpaired) electrons. The molecule has 16 heavy (non-hydrogen) atoms. The highest BCUT2D eigenvalue weighted by atomic mass is 16.2. The van der Waals surface area contributed by atoms with Crippen LogP contribution in [0.4, 0.5) is 0 Å². The maximum absolute atomic E-state index is 11.7. The first kappa shape index (κ1) is 11.4. The minimum atomic E-state index is 0.134. The maximum atomic E-state index is 11.7. The number of nitrogens with zero attached hydrogens (tertiary/aromatic N) is 1. The maximum Gasteiger partial charge on any atom is 0.225 e. The molecule has 0 aromatic carbocycles. The predicted octanol–water partition coefficient (Wildman–Crippen LogP) is -0.667. The van der Waals surface area contributed by atoms with Crippen molar-refractivity contribution >= 4 is 11.8 Å². The van der Waals surface area contributed by atoms with Gasteiger partial charge < -0.3 is 15.5 Å². The zero-order valence-electron chi connectivity index (χ0n) is 9.66. The summed E-state index contributed by atoms with van der Waals surface area (Å²) in [6.45, 7) is 4.90. The lowest BCUT2D eigenvalue weighted by Gasteiger charge is -2.27. The average Bonchev–Trinajstić information content (AvgIpc) is 2.62. The normalized spacial score (nSPS) is 25.3. The van der Waals surface area contributed by atoms with Crippen molar-refractivity contribution in [1.29, 1.82) is 0 Å². The number of amides is 2. The molecule has 2 N–H and O–H groups in total. The van der Waals surface area contributed by atoms with E-state index in [0.717, 1.165) is 26.1 Å². The second-order valence-electron chi connectivity index (χ2n) is 4.54. The van der Waals surface area contributed by atoms with Crippen molar-refractivity contribution in [1.82, 2.24) is 15.5 Å². The van der Waals surface area contributed by atoms with E-state index in [9.17, 15) is 9.59 Å². The van der Waals surface area contributed by atoms with E-state index < -0.39 is 0 Å². The number of nitrogens with one attached hydrogen (secondary N) is 2. The molecule has 5 heteroatoms. The van der Waals surface area contributed by atoms with Crippen LogP contribution in [0.1, 0.15) is 19.8 Å². The van der Waals surface area contributed by atoms with Gasteiger partial charge in [0.2, 0.25) is 11.8 Å². The molecule has 0 bridgehead atoms. The quantitative estimate of drug-likeness (QED) is 0.670. The molecular formula is C11H19N3O2. The lowest BCUT2D eigenvalue weighted by atomic mass is 10.0. The number of hydrogen-bond donors (Lipinski definition) is 2. The predicted molar refractivity (Wildman–Crippen MR) is 59.8 cm³/mol. The van der Waals surface area contributed by atoms with Crippen molar-refractivity contribution in [3.63, 3.8) is 0 Å². The Morgan fingerprint density at radius 3 is 2.75 bits per heavy atom. The molecule has 1 unspecified atom stereocenters. The largest absolute Gasteiger partial charge is 0.351 e. The molecular weight excluding hydrogens is 206 g/mol. The second kappa shape index (κ2) is 4.82. The third-order valence-corrected chi connectivity index (χ3v) is 3.34. The van der Waals surface area contributed by atoms with Crippen molar-refractivity contribution in [2.24, 2.45) is 5.92 Å². The minimum absolute atomic E-state index is 0.134. The Hall–Kier alpha value is -1.10. The van der Waals surface area contributed by atoms with Gasteiger partial charge in [-0.15, -0.1) is 0 Å². The average molecular weight is 225 g/mol. The fourth-order valence-corrected chi connectivity index (χ4v) is 2.12. The zero-order chi connectivity index (χ0) is 11.5. The smallest absolute Gasteiger partial charge is 0.225 e. The number of carbonyl (C=O) groups is 2. The Balaban J connectivity index is 1.75. The third kappa shape index (κ3) is 2.35. The number of rotatable bonds is 3. The molecule has 0 aromatic heterocycles. The van der Waals surface area contributed by atoms with Gasteiger partial charge >= 0.3 is 0 Å². The van der Waals surface area contributed by atoms with Crippen molar-refractivity contribution in [3.05, 3.63) is 0 Å². The van der Waals surface area contributed by atoms with E-state index in [0.29, 0.717) is 13.0 Å². The third-order valence-electron chi connectivity index (χ3n) is 3.34. The SMILES string of the molecule is CCC(=O)N1CCC(NC(=O)C2CNC2)C1. The Morgan fingerprint density at radius 1 is 1.44 bits per heavy atom. The highest BCUT2D eigenvalue weighted by Gasteiger charge is 2.30. The Bertz CT molecular complexity index is 289. The van der Waals surface area contributed by atoms with Crippen LogP contribution in [0.25, 0.3) is 0 Å². The summed E-state index contributed by atoms with van der Waals surface area (Å²) in [5, 5.41) is 6.09. The summed E-state index contributed by atoms with van der Waals surface area (Å²) in [5.74, 6) is 0.451. The van der Waals surface area contributed by atoms with Crippen molar-refractivity contribution in [2.75, 3.05) is 26.2 Å². The van der Waals surface area contributed by atoms with Gasteiger partial charge in [0.15, 0.2) is 0 Å². The Morgan fingerprint density at radius 2 is 2.19 bits per heavy atom. The van der Waals surface area contributed by atoms with E-state index in [1.54, 1.807) is 0 Å². The molecule has 2 aliphatic rings. The fourth-order valence-electron chi connectivity index (χ4n) is 2.12. The van der Waals surface area contributed by atoms with Gasteiger partial charge in [-0.3, -0.25) is 9.59 Å². The monoisotopic (exact) mass is 225 g/mol. The summed E-state index contributed by atoms with van der Waals surface area (Å²) in [6, 6.07) is 0.156. The van der Waals surface area contributed by atoms with Crippen LogP contribution in [-0.2, 0) is 9.59 Å². The van der Waals surface area contributed by atoms with Crippen molar-refractivity contribution in [2.45, 2.75) is 25.8 Å². The van der Waals surface area contributed by atoms with Crippen molar-refractivity contribution in [3.8, 4) is 0 Å². The number of likely N-dealkylation sites (tertiary alicyclic amines) is 1. The van der Waals surface area contributed by atoms with Gasteiger partial charge in [-0.1, -0.05) is 6.92 Å². The second-order valence-corrected chi connectivity index (χ2v) is 4.54. The van der Waals surface area contributed by atoms with Crippen LogP contribution in [-0.4, -0.2) is 48.9 Å². The van der Waals surface area contributed by atoms with Crippen molar-refractivity contribution < 1.29 is 9.59 Å². The number of carbonyl (C=O) groups excluding carboxylic acids is 2. The van der Waals surface area contributed by atoms with E-state index in [2.05, 4.69) is 10.6 Å². The first-order valence-corrected chi connectivity index (χ1v) is 5.99. The fraction of sp³-hybridized carbons (Fsp3) is 0.818. The van der Waals surface area contributed by atoms with E-state index >= 15 is 0 Å². The molecule has 0 aromatic rings. The highest BCUT2D eigenvalue weighted by molar-refractivity contribution is 5.81. The van der Waals surface area contributed by atoms with Gasteiger partial charge in [0.05, 0.1) is 5.92 Å². The summed E-state index contributed by atoms with van der Waals surface area (Å²) in [5.41, 5.74) is 0. The van der Waals surface area contributed by atoms with Gasteiger partial charge in [0, 0.05) is 38.6 Å². The first-order chi connectivity index (χ1) is 7.70. The molecule has 2 fully saturated rings. The van der Waals surface area contributed by atoms with Crippen LogP contribution in [0.3, 0.4) is 0 Å². The lowest BCUT2D eigenvalue weighted by Crippen LogP contribution is -2.53. The van der Waals surface area contributed by atoms with Crippen LogP contribution < -0.4 is 10.6 Å². The molecule has 5 nitrogen and oxygen atoms in total. The molecule has 2 amide bonds. The van der Waals surface area contributed by atoms with Gasteiger partial charge in [-0.25, -0.2) is 0 Å². The number of hydrogen-bond acceptors (Lipinski definition) is 3. The summed E-state index contributed by atoms with van der Waals surface area (Å²) >= 11 is 0. The Labute approximate surface area is 95.6 Å². The van der Waals surface area contributed by atoms with Gasteiger partial charge in [0.25, 0.3) is 0 Å². The molecule has 2 heterocycles. The molecule has 0 spiro atoms. The van der Waals surface area contributed by atoms with E-state index in [-0.39, 0.29) is 23.8 Å². The molecule has 2 aliphatic heterocycles. The molecule has 0 saturated carbocycles. The van der Waals surface area contributed by atoms with E-state index in [4.69, 9.17) is 0 Å². The summed E-state index contributed by atoms with van der Waals surface area (Å²) in [6.07, 6.45) is 1.44. The molecule has 2 rings (SSSR count). The van der Waals surface area contributed by atoms with Crippen LogP contribution in [0, 0.1) is 5.92 Å². The molecule has 1 atom stereocenters. The van der Waals surface area contributed by atoms with Crippen LogP contribution in [0.5, 0.6) is 0 Å². The summed E-state index contributed by atoms with van der Waals surface area (Å²) in [4.78, 5) is 25.0. The molecule has 2 saturated heterocycles. The van der Waals surface area contributed by atoms with Crippen LogP contribution >= 0.6 is 0 Å². The van der Waals surface area contributed by atoms with E-state index in [1.807, 2.05) is 11.8 Å². The summed E-state index contributed by atoms with van der Waals surface area (Å²) < 4.78 is 0. The lowest BCUT2D eigenvalue weighted by molar-refractivity contribution is -0.130. The Kier molecular flexibility index (Phi) is 3.43. The van der Waals surface area contributed by atoms with Crippen LogP contribution in [0.2, 0.25) is 0 Å². The molecule has 90 valence electrons. The highest BCUT2D eigenvalue weighted by Crippen LogP contribution is 2.12. The van der Waals surface area contributed by atoms with Gasteiger partial charge in [-0.2, -0.15) is 0 Å². The van der Waals surface area contributed by atoms with Gasteiger partial charge in [0.1, 0.15) is 0 Å². The van der Waals surface area contributed by atoms with E-state index in [1.165, 1.54) is 0 Å². The minimum Gasteiger partial charge on any atom is -0.351 e. The zero-order valence-corrected chi connectivity index (χ0v) is 9.66.